The highest BCUT2D eigenvalue weighted by Crippen LogP contribution is 2.28. The van der Waals surface area contributed by atoms with Gasteiger partial charge in [-0.05, 0) is 19.1 Å². The first kappa shape index (κ1) is 17.4. The Kier molecular flexibility index (Phi) is 5.96. The molecule has 1 atom stereocenters. The van der Waals surface area contributed by atoms with Gasteiger partial charge in [-0.15, -0.1) is 0 Å². The predicted molar refractivity (Wildman–Crippen MR) is 79.3 cm³/mol. The molecule has 20 heavy (non-hydrogen) atoms. The average molecular weight is 386 g/mol. The lowest BCUT2D eigenvalue weighted by Crippen LogP contribution is -2.32. The Morgan fingerprint density at radius 2 is 2.15 bits per heavy atom. The molecule has 1 amide bonds. The summed E-state index contributed by atoms with van der Waals surface area (Å²) in [5, 5.41) is 7.44. The van der Waals surface area contributed by atoms with Gasteiger partial charge in [0.2, 0.25) is 10.0 Å². The molecule has 6 nitrogen and oxygen atoms in total. The summed E-state index contributed by atoms with van der Waals surface area (Å²) in [7, 11) is -2.50. The smallest absolute Gasteiger partial charge is 0.252 e. The van der Waals surface area contributed by atoms with E-state index in [1.165, 1.54) is 19.2 Å². The largest absolute Gasteiger partial charge is 0.380 e. The molecular formula is C11H14BrClN2O4S. The molecule has 112 valence electrons. The van der Waals surface area contributed by atoms with E-state index in [9.17, 15) is 13.2 Å². The van der Waals surface area contributed by atoms with E-state index in [2.05, 4.69) is 21.2 Å². The first-order valence-corrected chi connectivity index (χ1v) is 8.21. The molecule has 0 saturated carbocycles. The molecule has 0 aliphatic carbocycles. The molecule has 9 heteroatoms. The van der Waals surface area contributed by atoms with Crippen molar-refractivity contribution in [2.75, 3.05) is 13.7 Å². The molecule has 0 fully saturated rings. The lowest BCUT2D eigenvalue weighted by Gasteiger charge is -2.13. The van der Waals surface area contributed by atoms with E-state index in [0.717, 1.165) is 0 Å². The van der Waals surface area contributed by atoms with Crippen LogP contribution in [-0.4, -0.2) is 34.1 Å². The van der Waals surface area contributed by atoms with Gasteiger partial charge in [-0.2, -0.15) is 0 Å². The van der Waals surface area contributed by atoms with Crippen LogP contribution in [0, 0.1) is 0 Å². The summed E-state index contributed by atoms with van der Waals surface area (Å²) in [6.07, 6.45) is -0.178. The van der Waals surface area contributed by atoms with E-state index in [1.807, 2.05) is 0 Å². The van der Waals surface area contributed by atoms with Crippen LogP contribution in [-0.2, 0) is 14.8 Å². The van der Waals surface area contributed by atoms with Crippen LogP contribution >= 0.6 is 27.5 Å². The zero-order valence-electron chi connectivity index (χ0n) is 10.8. The number of nitrogens with two attached hydrogens (primary N) is 1. The number of ether oxygens (including phenoxy) is 1. The number of rotatable bonds is 5. The molecule has 1 aromatic carbocycles. The third-order valence-electron chi connectivity index (χ3n) is 2.51. The molecule has 0 aliphatic heterocycles. The molecule has 0 bridgehead atoms. The quantitative estimate of drug-likeness (QED) is 0.802. The zero-order chi connectivity index (χ0) is 15.5. The number of benzene rings is 1. The Morgan fingerprint density at radius 3 is 2.65 bits per heavy atom. The van der Waals surface area contributed by atoms with Gasteiger partial charge in [-0.25, -0.2) is 13.6 Å². The maximum atomic E-state index is 12.0. The van der Waals surface area contributed by atoms with E-state index in [0.29, 0.717) is 4.47 Å². The van der Waals surface area contributed by atoms with Crippen LogP contribution in [0.15, 0.2) is 21.5 Å². The minimum Gasteiger partial charge on any atom is -0.380 e. The molecule has 0 saturated heterocycles. The predicted octanol–water partition coefficient (Wildman–Crippen LogP) is 1.51. The average Bonchev–Trinajstić information content (AvgIpc) is 2.36. The fourth-order valence-electron chi connectivity index (χ4n) is 1.35. The number of nitrogens with one attached hydrogen (secondary N) is 1. The number of halogens is 2. The van der Waals surface area contributed by atoms with Gasteiger partial charge in [0.1, 0.15) is 4.90 Å². The molecule has 0 aromatic heterocycles. The van der Waals surface area contributed by atoms with Crippen molar-refractivity contribution in [3.63, 3.8) is 0 Å². The molecule has 1 unspecified atom stereocenters. The van der Waals surface area contributed by atoms with E-state index < -0.39 is 15.9 Å². The number of hydrogen-bond acceptors (Lipinski definition) is 4. The van der Waals surface area contributed by atoms with E-state index >= 15 is 0 Å². The van der Waals surface area contributed by atoms with Crippen molar-refractivity contribution in [2.24, 2.45) is 5.14 Å². The van der Waals surface area contributed by atoms with Gasteiger partial charge in [0.05, 0.1) is 16.7 Å². The summed E-state index contributed by atoms with van der Waals surface area (Å²) in [6.45, 7) is 2.04. The Bertz CT molecular complexity index is 621. The van der Waals surface area contributed by atoms with Gasteiger partial charge in [0.15, 0.2) is 0 Å². The Labute approximate surface area is 130 Å². The van der Waals surface area contributed by atoms with Gasteiger partial charge in [0, 0.05) is 18.1 Å². The van der Waals surface area contributed by atoms with Crippen molar-refractivity contribution in [3.05, 3.63) is 27.2 Å². The summed E-state index contributed by atoms with van der Waals surface area (Å²) in [5.74, 6) is -0.509. The van der Waals surface area contributed by atoms with Crippen molar-refractivity contribution >= 4 is 43.5 Å². The lowest BCUT2D eigenvalue weighted by molar-refractivity contribution is 0.0870. The van der Waals surface area contributed by atoms with Crippen molar-refractivity contribution in [1.29, 1.82) is 0 Å². The van der Waals surface area contributed by atoms with E-state index in [-0.39, 0.29) is 28.1 Å². The third kappa shape index (κ3) is 4.42. The first-order chi connectivity index (χ1) is 9.16. The van der Waals surface area contributed by atoms with Crippen LogP contribution in [0.5, 0.6) is 0 Å². The molecule has 3 N–H and O–H groups in total. The van der Waals surface area contributed by atoms with Crippen molar-refractivity contribution in [3.8, 4) is 0 Å². The number of carbonyl (C=O) groups excluding carboxylic acids is 1. The van der Waals surface area contributed by atoms with Crippen LogP contribution in [0.1, 0.15) is 17.3 Å². The first-order valence-electron chi connectivity index (χ1n) is 5.49. The summed E-state index contributed by atoms with van der Waals surface area (Å²) in [6, 6.07) is 2.66. The topological polar surface area (TPSA) is 98.5 Å². The second kappa shape index (κ2) is 6.86. The van der Waals surface area contributed by atoms with E-state index in [1.54, 1.807) is 6.92 Å². The fraction of sp³-hybridized carbons (Fsp3) is 0.364. The highest BCUT2D eigenvalue weighted by Gasteiger charge is 2.21. The van der Waals surface area contributed by atoms with Crippen LogP contribution in [0.2, 0.25) is 5.02 Å². The molecule has 0 heterocycles. The zero-order valence-corrected chi connectivity index (χ0v) is 14.0. The second-order valence-electron chi connectivity index (χ2n) is 4.07. The summed E-state index contributed by atoms with van der Waals surface area (Å²) < 4.78 is 28.2. The fourth-order valence-corrected chi connectivity index (χ4v) is 3.13. The van der Waals surface area contributed by atoms with Crippen LogP contribution in [0.3, 0.4) is 0 Å². The minimum absolute atomic E-state index is 0.0216. The van der Waals surface area contributed by atoms with Gasteiger partial charge < -0.3 is 10.1 Å². The van der Waals surface area contributed by atoms with Gasteiger partial charge in [-0.3, -0.25) is 4.79 Å². The molecule has 0 radical (unpaired) electrons. The van der Waals surface area contributed by atoms with Crippen LogP contribution in [0.4, 0.5) is 0 Å². The number of carbonyl (C=O) groups is 1. The number of methoxy groups -OCH3 is 1. The maximum Gasteiger partial charge on any atom is 0.252 e. The van der Waals surface area contributed by atoms with Crippen molar-refractivity contribution in [2.45, 2.75) is 17.9 Å². The monoisotopic (exact) mass is 384 g/mol. The minimum atomic E-state index is -4.01. The summed E-state index contributed by atoms with van der Waals surface area (Å²) >= 11 is 9.06. The maximum absolute atomic E-state index is 12.0. The Morgan fingerprint density at radius 1 is 1.55 bits per heavy atom. The van der Waals surface area contributed by atoms with Gasteiger partial charge in [0.25, 0.3) is 5.91 Å². The van der Waals surface area contributed by atoms with E-state index in [4.69, 9.17) is 21.5 Å². The number of primary sulfonamides is 1. The highest BCUT2D eigenvalue weighted by molar-refractivity contribution is 9.10. The van der Waals surface area contributed by atoms with Crippen LogP contribution in [0.25, 0.3) is 0 Å². The molecule has 0 aliphatic rings. The molecule has 1 rings (SSSR count). The molecule has 1 aromatic rings. The highest BCUT2D eigenvalue weighted by atomic mass is 79.9. The summed E-state index contributed by atoms with van der Waals surface area (Å²) in [4.78, 5) is 11.7. The van der Waals surface area contributed by atoms with Gasteiger partial charge in [-0.1, -0.05) is 27.5 Å². The van der Waals surface area contributed by atoms with Crippen LogP contribution < -0.4 is 10.5 Å². The van der Waals surface area contributed by atoms with Crippen molar-refractivity contribution in [1.82, 2.24) is 5.32 Å². The Hall–Kier alpha value is -0.670. The van der Waals surface area contributed by atoms with Gasteiger partial charge >= 0.3 is 0 Å². The number of hydrogen-bond donors (Lipinski definition) is 2. The number of sulfonamides is 1. The summed E-state index contributed by atoms with van der Waals surface area (Å²) in [5.41, 5.74) is 0.0216. The lowest BCUT2D eigenvalue weighted by atomic mass is 10.2. The Balaban J connectivity index is 3.13. The number of amides is 1. The molecular weight excluding hydrogens is 372 g/mol. The molecule has 0 spiro atoms. The second-order valence-corrected chi connectivity index (χ2v) is 6.89. The normalized spacial score (nSPS) is 13.1. The third-order valence-corrected chi connectivity index (χ3v) is 4.42. The standard InChI is InChI=1S/C11H14BrClN2O4S/c1-6(19-2)5-15-11(16)8-3-7(12)4-9(10(8)13)20(14,17)18/h3-4,6H,5H2,1-2H3,(H,15,16)(H2,14,17,18). The SMILES string of the molecule is COC(C)CNC(=O)c1cc(Br)cc(S(N)(=O)=O)c1Cl. The van der Waals surface area contributed by atoms with Crippen molar-refractivity contribution < 1.29 is 17.9 Å².